The van der Waals surface area contributed by atoms with Gasteiger partial charge < -0.3 is 9.26 Å². The smallest absolute Gasteiger partial charge is 0.212 e. The van der Waals surface area contributed by atoms with Crippen LogP contribution in [0.5, 0.6) is 0 Å². The van der Waals surface area contributed by atoms with Gasteiger partial charge in [-0.1, -0.05) is 25.9 Å². The lowest BCUT2D eigenvalue weighted by atomic mass is 9.90. The zero-order chi connectivity index (χ0) is 20.5. The van der Waals surface area contributed by atoms with Gasteiger partial charge in [0.05, 0.1) is 23.9 Å². The van der Waals surface area contributed by atoms with Crippen molar-refractivity contribution >= 4 is 15.8 Å². The van der Waals surface area contributed by atoms with Gasteiger partial charge in [0.2, 0.25) is 10.0 Å². The van der Waals surface area contributed by atoms with Gasteiger partial charge in [0.25, 0.3) is 0 Å². The van der Waals surface area contributed by atoms with Crippen molar-refractivity contribution in [2.45, 2.75) is 64.8 Å². The van der Waals surface area contributed by atoms with Gasteiger partial charge in [-0.3, -0.25) is 4.79 Å². The maximum Gasteiger partial charge on any atom is 0.212 e. The molecule has 0 bridgehead atoms. The molecule has 1 aliphatic rings. The summed E-state index contributed by atoms with van der Waals surface area (Å²) in [5.41, 5.74) is -0.576. The second-order valence-corrected chi connectivity index (χ2v) is 10.8. The average molecular weight is 401 g/mol. The molecule has 0 N–H and O–H groups in total. The third-order valence-electron chi connectivity index (χ3n) is 5.13. The number of Topliss-reactive ketones (excluding diaryl/α,β-unsaturated/α-hetero) is 1. The molecule has 0 saturated carbocycles. The Hall–Kier alpha value is -1.25. The lowest BCUT2D eigenvalue weighted by molar-refractivity contribution is -0.126. The van der Waals surface area contributed by atoms with Gasteiger partial charge >= 0.3 is 0 Å². The van der Waals surface area contributed by atoms with Crippen LogP contribution in [0.25, 0.3) is 0 Å². The second kappa shape index (κ2) is 8.01. The highest BCUT2D eigenvalue weighted by Gasteiger charge is 2.41. The number of hydrogen-bond donors (Lipinski definition) is 0. The fourth-order valence-corrected chi connectivity index (χ4v) is 4.62. The minimum absolute atomic E-state index is 0.00980. The zero-order valence-corrected chi connectivity index (χ0v) is 18.1. The first kappa shape index (κ1) is 22.0. The Morgan fingerprint density at radius 3 is 2.30 bits per heavy atom. The Balaban J connectivity index is 2.18. The molecule has 1 saturated heterocycles. The first-order valence-corrected chi connectivity index (χ1v) is 11.2. The van der Waals surface area contributed by atoms with Crippen LogP contribution in [-0.4, -0.2) is 55.2 Å². The summed E-state index contributed by atoms with van der Waals surface area (Å²) in [6.45, 7) is 11.0. The lowest BCUT2D eigenvalue weighted by Gasteiger charge is -2.38. The molecule has 8 heteroatoms. The van der Waals surface area contributed by atoms with Crippen molar-refractivity contribution in [2.24, 2.45) is 5.92 Å². The molecule has 7 nitrogen and oxygen atoms in total. The minimum atomic E-state index is -3.55. The molecule has 0 atom stereocenters. The summed E-state index contributed by atoms with van der Waals surface area (Å²) in [5, 5.41) is 4.04. The van der Waals surface area contributed by atoms with Crippen LogP contribution in [0.2, 0.25) is 0 Å². The molecule has 1 aromatic heterocycles. The standard InChI is InChI=1S/C19H32N2O5S/c1-18(2,3)16-11-15(26-20-16)12-17(22)19(4,5)21(27(6,23)24)13-14-7-9-25-10-8-14/h11,14H,7-10,12-13H2,1-6H3. The Labute approximate surface area is 162 Å². The molecule has 0 amide bonds. The fourth-order valence-electron chi connectivity index (χ4n) is 3.21. The predicted octanol–water partition coefficient (Wildman–Crippen LogP) is 2.55. The van der Waals surface area contributed by atoms with Crippen LogP contribution in [0.15, 0.2) is 10.6 Å². The van der Waals surface area contributed by atoms with Crippen LogP contribution in [0.4, 0.5) is 0 Å². The molecule has 154 valence electrons. The van der Waals surface area contributed by atoms with Crippen LogP contribution < -0.4 is 0 Å². The summed E-state index contributed by atoms with van der Waals surface area (Å²) >= 11 is 0. The van der Waals surface area contributed by atoms with E-state index in [1.807, 2.05) is 20.8 Å². The number of ether oxygens (including phenoxy) is 1. The predicted molar refractivity (Wildman–Crippen MR) is 103 cm³/mol. The summed E-state index contributed by atoms with van der Waals surface area (Å²) in [6.07, 6.45) is 2.77. The topological polar surface area (TPSA) is 89.7 Å². The van der Waals surface area contributed by atoms with E-state index in [0.717, 1.165) is 24.8 Å². The molecule has 27 heavy (non-hydrogen) atoms. The normalized spacial score (nSPS) is 17.4. The van der Waals surface area contributed by atoms with E-state index in [1.54, 1.807) is 19.9 Å². The monoisotopic (exact) mass is 400 g/mol. The van der Waals surface area contributed by atoms with Gasteiger partial charge in [-0.25, -0.2) is 8.42 Å². The van der Waals surface area contributed by atoms with Crippen LogP contribution in [-0.2, 0) is 31.4 Å². The van der Waals surface area contributed by atoms with Crippen LogP contribution in [0.3, 0.4) is 0 Å². The maximum atomic E-state index is 13.0. The van der Waals surface area contributed by atoms with E-state index in [1.165, 1.54) is 4.31 Å². The summed E-state index contributed by atoms with van der Waals surface area (Å²) in [5.74, 6) is 0.437. The van der Waals surface area contributed by atoms with E-state index in [4.69, 9.17) is 9.26 Å². The van der Waals surface area contributed by atoms with Crippen molar-refractivity contribution < 1.29 is 22.5 Å². The molecular weight excluding hydrogens is 368 g/mol. The summed E-state index contributed by atoms with van der Waals surface area (Å²) in [4.78, 5) is 13.0. The number of rotatable bonds is 7. The van der Waals surface area contributed by atoms with Gasteiger partial charge in [-0.2, -0.15) is 4.31 Å². The number of hydrogen-bond acceptors (Lipinski definition) is 6. The van der Waals surface area contributed by atoms with Crippen molar-refractivity contribution in [3.8, 4) is 0 Å². The Morgan fingerprint density at radius 2 is 1.81 bits per heavy atom. The summed E-state index contributed by atoms with van der Waals surface area (Å²) in [6, 6.07) is 1.78. The Kier molecular flexibility index (Phi) is 6.54. The molecule has 2 heterocycles. The van der Waals surface area contributed by atoms with E-state index < -0.39 is 15.6 Å². The molecular formula is C19H32N2O5S. The van der Waals surface area contributed by atoms with Crippen LogP contribution >= 0.6 is 0 Å². The third-order valence-corrected chi connectivity index (χ3v) is 6.54. The van der Waals surface area contributed by atoms with Crippen LogP contribution in [0.1, 0.15) is 58.9 Å². The van der Waals surface area contributed by atoms with E-state index in [-0.39, 0.29) is 23.5 Å². The number of aromatic nitrogens is 1. The van der Waals surface area contributed by atoms with Crippen molar-refractivity contribution in [1.29, 1.82) is 0 Å². The Bertz CT molecular complexity index is 755. The largest absolute Gasteiger partial charge is 0.381 e. The van der Waals surface area contributed by atoms with Crippen molar-refractivity contribution in [1.82, 2.24) is 9.46 Å². The SMILES string of the molecule is CC(C)(C)c1cc(CC(=O)C(C)(C)N(CC2CCOCC2)S(C)(=O)=O)on1. The van der Waals surface area contributed by atoms with Gasteiger partial charge in [0, 0.05) is 31.2 Å². The van der Waals surface area contributed by atoms with Crippen molar-refractivity contribution in [3.63, 3.8) is 0 Å². The number of carbonyl (C=O) groups excluding carboxylic acids is 1. The molecule has 1 aliphatic heterocycles. The van der Waals surface area contributed by atoms with E-state index in [9.17, 15) is 13.2 Å². The van der Waals surface area contributed by atoms with Gasteiger partial charge in [0.1, 0.15) is 5.76 Å². The molecule has 0 unspecified atom stereocenters. The molecule has 0 aromatic carbocycles. The highest BCUT2D eigenvalue weighted by molar-refractivity contribution is 7.88. The van der Waals surface area contributed by atoms with E-state index in [0.29, 0.717) is 25.5 Å². The molecule has 2 rings (SSSR count). The molecule has 0 aliphatic carbocycles. The van der Waals surface area contributed by atoms with Crippen molar-refractivity contribution in [2.75, 3.05) is 26.0 Å². The average Bonchev–Trinajstić information content (AvgIpc) is 3.01. The molecule has 0 radical (unpaired) electrons. The highest BCUT2D eigenvalue weighted by Crippen LogP contribution is 2.27. The number of carbonyl (C=O) groups is 1. The summed E-state index contributed by atoms with van der Waals surface area (Å²) < 4.78 is 36.9. The van der Waals surface area contributed by atoms with Crippen molar-refractivity contribution in [3.05, 3.63) is 17.5 Å². The maximum absolute atomic E-state index is 13.0. The second-order valence-electron chi connectivity index (χ2n) is 8.94. The highest BCUT2D eigenvalue weighted by atomic mass is 32.2. The van der Waals surface area contributed by atoms with Gasteiger partial charge in [-0.05, 0) is 32.6 Å². The van der Waals surface area contributed by atoms with Gasteiger partial charge in [0.15, 0.2) is 5.78 Å². The number of sulfonamides is 1. The Morgan fingerprint density at radius 1 is 1.22 bits per heavy atom. The first-order valence-electron chi connectivity index (χ1n) is 9.36. The minimum Gasteiger partial charge on any atom is -0.381 e. The van der Waals surface area contributed by atoms with E-state index >= 15 is 0 Å². The number of nitrogens with zero attached hydrogens (tertiary/aromatic N) is 2. The zero-order valence-electron chi connectivity index (χ0n) is 17.2. The third kappa shape index (κ3) is 5.62. The molecule has 1 aromatic rings. The molecule has 1 fully saturated rings. The quantitative estimate of drug-likeness (QED) is 0.699. The van der Waals surface area contributed by atoms with Crippen LogP contribution in [0, 0.1) is 5.92 Å². The number of ketones is 1. The first-order chi connectivity index (χ1) is 12.3. The summed E-state index contributed by atoms with van der Waals surface area (Å²) in [7, 11) is -3.55. The lowest BCUT2D eigenvalue weighted by Crippen LogP contribution is -2.55. The van der Waals surface area contributed by atoms with Gasteiger partial charge in [-0.15, -0.1) is 0 Å². The molecule has 0 spiro atoms. The fraction of sp³-hybridized carbons (Fsp3) is 0.789. The van der Waals surface area contributed by atoms with E-state index in [2.05, 4.69) is 5.16 Å².